The van der Waals surface area contributed by atoms with Crippen LogP contribution in [0.15, 0.2) is 42.7 Å². The van der Waals surface area contributed by atoms with Crippen LogP contribution in [0.5, 0.6) is 5.75 Å². The molecule has 2 rings (SSSR count). The summed E-state index contributed by atoms with van der Waals surface area (Å²) in [6.45, 7) is 0.0585. The van der Waals surface area contributed by atoms with Crippen LogP contribution in [0.1, 0.15) is 12.0 Å². The fourth-order valence-electron chi connectivity index (χ4n) is 1.87. The van der Waals surface area contributed by atoms with E-state index in [2.05, 4.69) is 20.6 Å². The number of amides is 1. The maximum Gasteiger partial charge on any atom is 0.272 e. The lowest BCUT2D eigenvalue weighted by molar-refractivity contribution is -0.121. The maximum atomic E-state index is 12.1. The molecule has 0 atom stereocenters. The Morgan fingerprint density at radius 3 is 2.75 bits per heavy atom. The zero-order valence-corrected chi connectivity index (χ0v) is 12.9. The standard InChI is InChI=1S/C16H18F2N4O2/c17-14(18)11-24-13-4-1-3-12(9-13)10-22-15(23)5-8-21-16-19-6-2-7-20-16/h1-4,6-7,9,14H,5,8,10-11H2,(H,22,23)(H,19,20,21). The summed E-state index contributed by atoms with van der Waals surface area (Å²) < 4.78 is 29.2. The van der Waals surface area contributed by atoms with E-state index in [1.54, 1.807) is 42.7 Å². The molecular weight excluding hydrogens is 318 g/mol. The van der Waals surface area contributed by atoms with E-state index < -0.39 is 13.0 Å². The van der Waals surface area contributed by atoms with Gasteiger partial charge in [0.15, 0.2) is 0 Å². The highest BCUT2D eigenvalue weighted by Gasteiger charge is 2.05. The first-order valence-corrected chi connectivity index (χ1v) is 7.41. The van der Waals surface area contributed by atoms with Gasteiger partial charge in [0.1, 0.15) is 12.4 Å². The van der Waals surface area contributed by atoms with Gasteiger partial charge in [-0.05, 0) is 23.8 Å². The quantitative estimate of drug-likeness (QED) is 0.734. The Balaban J connectivity index is 1.70. The molecule has 1 aromatic carbocycles. The lowest BCUT2D eigenvalue weighted by atomic mass is 10.2. The van der Waals surface area contributed by atoms with Crippen LogP contribution < -0.4 is 15.4 Å². The second kappa shape index (κ2) is 9.39. The van der Waals surface area contributed by atoms with Crippen LogP contribution >= 0.6 is 0 Å². The van der Waals surface area contributed by atoms with Crippen LogP contribution in [0.2, 0.25) is 0 Å². The lowest BCUT2D eigenvalue weighted by Gasteiger charge is -2.09. The Bertz CT molecular complexity index is 641. The number of carbonyl (C=O) groups excluding carboxylic acids is 1. The van der Waals surface area contributed by atoms with E-state index >= 15 is 0 Å². The van der Waals surface area contributed by atoms with E-state index in [0.29, 0.717) is 24.8 Å². The molecule has 0 saturated carbocycles. The molecule has 0 saturated heterocycles. The molecule has 0 unspecified atom stereocenters. The van der Waals surface area contributed by atoms with Crippen molar-refractivity contribution in [2.75, 3.05) is 18.5 Å². The highest BCUT2D eigenvalue weighted by atomic mass is 19.3. The molecule has 0 fully saturated rings. The number of nitrogens with one attached hydrogen (secondary N) is 2. The molecule has 0 aliphatic rings. The number of ether oxygens (including phenoxy) is 1. The molecule has 0 aliphatic heterocycles. The summed E-state index contributed by atoms with van der Waals surface area (Å²) in [5.74, 6) is 0.677. The van der Waals surface area contributed by atoms with Crippen molar-refractivity contribution >= 4 is 11.9 Å². The Kier molecular flexibility index (Phi) is 6.88. The number of carbonyl (C=O) groups is 1. The maximum absolute atomic E-state index is 12.1. The van der Waals surface area contributed by atoms with Gasteiger partial charge in [-0.25, -0.2) is 18.7 Å². The minimum Gasteiger partial charge on any atom is -0.488 e. The number of halogens is 2. The lowest BCUT2D eigenvalue weighted by Crippen LogP contribution is -2.25. The summed E-state index contributed by atoms with van der Waals surface area (Å²) in [6, 6.07) is 8.40. The summed E-state index contributed by atoms with van der Waals surface area (Å²) >= 11 is 0. The fourth-order valence-corrected chi connectivity index (χ4v) is 1.87. The van der Waals surface area contributed by atoms with Crippen molar-refractivity contribution in [2.45, 2.75) is 19.4 Å². The number of alkyl halides is 2. The highest BCUT2D eigenvalue weighted by Crippen LogP contribution is 2.14. The van der Waals surface area contributed by atoms with Crippen molar-refractivity contribution in [2.24, 2.45) is 0 Å². The third-order valence-corrected chi connectivity index (χ3v) is 2.97. The average Bonchev–Trinajstić information content (AvgIpc) is 2.59. The Hall–Kier alpha value is -2.77. The van der Waals surface area contributed by atoms with Crippen molar-refractivity contribution < 1.29 is 18.3 Å². The van der Waals surface area contributed by atoms with Crippen molar-refractivity contribution in [3.63, 3.8) is 0 Å². The number of benzene rings is 1. The van der Waals surface area contributed by atoms with Crippen molar-refractivity contribution in [3.05, 3.63) is 48.3 Å². The SMILES string of the molecule is O=C(CCNc1ncccn1)NCc1cccc(OCC(F)F)c1. The number of aromatic nitrogens is 2. The van der Waals surface area contributed by atoms with Crippen molar-refractivity contribution in [3.8, 4) is 5.75 Å². The molecular formula is C16H18F2N4O2. The van der Waals surface area contributed by atoms with Crippen molar-refractivity contribution in [1.29, 1.82) is 0 Å². The molecule has 1 amide bonds. The van der Waals surface area contributed by atoms with Crippen LogP contribution in [0.3, 0.4) is 0 Å². The van der Waals surface area contributed by atoms with Crippen LogP contribution in [0.4, 0.5) is 14.7 Å². The van der Waals surface area contributed by atoms with Gasteiger partial charge in [-0.1, -0.05) is 12.1 Å². The fraction of sp³-hybridized carbons (Fsp3) is 0.312. The van der Waals surface area contributed by atoms with Crippen LogP contribution in [0, 0.1) is 0 Å². The van der Waals surface area contributed by atoms with Gasteiger partial charge in [-0.3, -0.25) is 4.79 Å². The molecule has 0 spiro atoms. The monoisotopic (exact) mass is 336 g/mol. The van der Waals surface area contributed by atoms with E-state index in [1.165, 1.54) is 0 Å². The number of rotatable bonds is 9. The Morgan fingerprint density at radius 2 is 2.00 bits per heavy atom. The Morgan fingerprint density at radius 1 is 1.21 bits per heavy atom. The summed E-state index contributed by atoms with van der Waals surface area (Å²) in [5, 5.41) is 5.69. The summed E-state index contributed by atoms with van der Waals surface area (Å²) in [5.41, 5.74) is 0.773. The van der Waals surface area contributed by atoms with E-state index in [9.17, 15) is 13.6 Å². The van der Waals surface area contributed by atoms with Crippen LogP contribution in [-0.4, -0.2) is 35.5 Å². The molecule has 0 aliphatic carbocycles. The number of hydrogen-bond acceptors (Lipinski definition) is 5. The second-order valence-corrected chi connectivity index (χ2v) is 4.88. The van der Waals surface area contributed by atoms with Gasteiger partial charge in [-0.2, -0.15) is 0 Å². The largest absolute Gasteiger partial charge is 0.488 e. The smallest absolute Gasteiger partial charge is 0.272 e. The van der Waals surface area contributed by atoms with E-state index in [0.717, 1.165) is 5.56 Å². The summed E-state index contributed by atoms with van der Waals surface area (Å²) in [7, 11) is 0. The normalized spacial score (nSPS) is 10.5. The number of hydrogen-bond donors (Lipinski definition) is 2. The van der Waals surface area contributed by atoms with Gasteiger partial charge in [0.05, 0.1) is 0 Å². The number of nitrogens with zero attached hydrogens (tertiary/aromatic N) is 2. The molecule has 0 radical (unpaired) electrons. The molecule has 24 heavy (non-hydrogen) atoms. The van der Waals surface area contributed by atoms with Crippen LogP contribution in [0.25, 0.3) is 0 Å². The zero-order chi connectivity index (χ0) is 17.2. The summed E-state index contributed by atoms with van der Waals surface area (Å²) in [4.78, 5) is 19.8. The molecule has 128 valence electrons. The predicted molar refractivity (Wildman–Crippen MR) is 84.9 cm³/mol. The first-order chi connectivity index (χ1) is 11.6. The van der Waals surface area contributed by atoms with Crippen molar-refractivity contribution in [1.82, 2.24) is 15.3 Å². The molecule has 8 heteroatoms. The minimum atomic E-state index is -2.52. The molecule has 1 heterocycles. The second-order valence-electron chi connectivity index (χ2n) is 4.88. The van der Waals surface area contributed by atoms with E-state index in [-0.39, 0.29) is 12.3 Å². The molecule has 2 N–H and O–H groups in total. The minimum absolute atomic E-state index is 0.141. The zero-order valence-electron chi connectivity index (χ0n) is 12.9. The molecule has 0 bridgehead atoms. The topological polar surface area (TPSA) is 76.1 Å². The first kappa shape index (κ1) is 17.6. The predicted octanol–water partition coefficient (Wildman–Crippen LogP) is 2.24. The van der Waals surface area contributed by atoms with Gasteiger partial charge >= 0.3 is 0 Å². The summed E-state index contributed by atoms with van der Waals surface area (Å²) in [6.07, 6.45) is 0.964. The van der Waals surface area contributed by atoms with Crippen LogP contribution in [-0.2, 0) is 11.3 Å². The average molecular weight is 336 g/mol. The first-order valence-electron chi connectivity index (χ1n) is 7.41. The Labute approximate surface area is 138 Å². The molecule has 2 aromatic rings. The van der Waals surface area contributed by atoms with Gasteiger partial charge in [0.2, 0.25) is 11.9 Å². The van der Waals surface area contributed by atoms with E-state index in [4.69, 9.17) is 4.74 Å². The van der Waals surface area contributed by atoms with E-state index in [1.807, 2.05) is 0 Å². The molecule has 1 aromatic heterocycles. The number of anilines is 1. The van der Waals surface area contributed by atoms with Gasteiger partial charge in [0, 0.05) is 31.9 Å². The van der Waals surface area contributed by atoms with Gasteiger partial charge in [-0.15, -0.1) is 0 Å². The third kappa shape index (κ3) is 6.55. The van der Waals surface area contributed by atoms with Gasteiger partial charge in [0.25, 0.3) is 6.43 Å². The third-order valence-electron chi connectivity index (χ3n) is 2.97. The van der Waals surface area contributed by atoms with Gasteiger partial charge < -0.3 is 15.4 Å². The highest BCUT2D eigenvalue weighted by molar-refractivity contribution is 5.76. The molecule has 6 nitrogen and oxygen atoms in total.